The van der Waals surface area contributed by atoms with Gasteiger partial charge in [0.25, 0.3) is 5.91 Å². The number of piperazine rings is 1. The summed E-state index contributed by atoms with van der Waals surface area (Å²) in [5, 5.41) is 2.09. The van der Waals surface area contributed by atoms with Crippen molar-refractivity contribution in [2.24, 2.45) is 0 Å². The predicted octanol–water partition coefficient (Wildman–Crippen LogP) is 2.29. The van der Waals surface area contributed by atoms with Crippen molar-refractivity contribution in [1.29, 1.82) is 0 Å². The van der Waals surface area contributed by atoms with Gasteiger partial charge in [0.2, 0.25) is 0 Å². The van der Waals surface area contributed by atoms with E-state index in [2.05, 4.69) is 22.4 Å². The number of hydrogen-bond acceptors (Lipinski definition) is 6. The van der Waals surface area contributed by atoms with Crippen LogP contribution in [-0.2, 0) is 11.3 Å². The molecule has 0 radical (unpaired) electrons. The van der Waals surface area contributed by atoms with Gasteiger partial charge < -0.3 is 14.4 Å². The highest BCUT2D eigenvalue weighted by atomic mass is 32.1. The molecule has 0 unspecified atom stereocenters. The fourth-order valence-electron chi connectivity index (χ4n) is 2.89. The summed E-state index contributed by atoms with van der Waals surface area (Å²) in [7, 11) is 1.51. The van der Waals surface area contributed by atoms with Crippen LogP contribution >= 0.6 is 11.3 Å². The van der Waals surface area contributed by atoms with E-state index < -0.39 is 0 Å². The molecule has 26 heavy (non-hydrogen) atoms. The summed E-state index contributed by atoms with van der Waals surface area (Å²) < 4.78 is 10.8. The minimum atomic E-state index is -0.0400. The Balaban J connectivity index is 1.48. The van der Waals surface area contributed by atoms with Crippen molar-refractivity contribution >= 4 is 23.5 Å². The third-order valence-electron chi connectivity index (χ3n) is 4.36. The molecule has 2 heterocycles. The number of rotatable bonds is 7. The molecule has 7 heteroatoms. The molecule has 138 valence electrons. The van der Waals surface area contributed by atoms with Gasteiger partial charge in [0, 0.05) is 43.2 Å². The summed E-state index contributed by atoms with van der Waals surface area (Å²) in [6.45, 7) is 4.03. The van der Waals surface area contributed by atoms with Crippen LogP contribution in [0.5, 0.6) is 11.5 Å². The Labute approximate surface area is 156 Å². The second-order valence-corrected chi connectivity index (χ2v) is 7.09. The van der Waals surface area contributed by atoms with Crippen LogP contribution in [0.3, 0.4) is 0 Å². The summed E-state index contributed by atoms with van der Waals surface area (Å²) in [5.41, 5.74) is 0.502. The van der Waals surface area contributed by atoms with Crippen molar-refractivity contribution in [2.75, 3.05) is 39.9 Å². The van der Waals surface area contributed by atoms with E-state index in [-0.39, 0.29) is 12.5 Å². The van der Waals surface area contributed by atoms with E-state index >= 15 is 0 Å². The Kier molecular flexibility index (Phi) is 6.25. The topological polar surface area (TPSA) is 59.1 Å². The smallest absolute Gasteiger partial charge is 0.260 e. The molecule has 2 aromatic rings. The van der Waals surface area contributed by atoms with Crippen molar-refractivity contribution in [3.05, 3.63) is 46.2 Å². The fourth-order valence-corrected chi connectivity index (χ4v) is 3.63. The molecule has 1 aliphatic heterocycles. The first-order valence-electron chi connectivity index (χ1n) is 8.48. The zero-order valence-electron chi connectivity index (χ0n) is 14.7. The number of amides is 1. The molecular formula is C19H22N2O4S. The molecule has 6 nitrogen and oxygen atoms in total. The van der Waals surface area contributed by atoms with Crippen LogP contribution in [0.2, 0.25) is 0 Å². The Morgan fingerprint density at radius 3 is 2.65 bits per heavy atom. The average Bonchev–Trinajstić information content (AvgIpc) is 3.19. The lowest BCUT2D eigenvalue weighted by molar-refractivity contribution is -0.135. The third-order valence-corrected chi connectivity index (χ3v) is 5.22. The van der Waals surface area contributed by atoms with Crippen LogP contribution in [0.4, 0.5) is 0 Å². The zero-order valence-corrected chi connectivity index (χ0v) is 15.5. The van der Waals surface area contributed by atoms with Gasteiger partial charge in [-0.3, -0.25) is 14.5 Å². The number of methoxy groups -OCH3 is 1. The van der Waals surface area contributed by atoms with E-state index in [0.29, 0.717) is 30.2 Å². The van der Waals surface area contributed by atoms with Gasteiger partial charge in [0.1, 0.15) is 6.29 Å². The standard InChI is InChI=1S/C19H22N2O4S/c1-24-18-11-15(13-22)4-5-17(18)25-14-19(23)21-8-6-20(7-9-21)12-16-3-2-10-26-16/h2-5,10-11,13H,6-9,12,14H2,1H3. The van der Waals surface area contributed by atoms with Gasteiger partial charge in [-0.15, -0.1) is 11.3 Å². The van der Waals surface area contributed by atoms with Gasteiger partial charge in [-0.05, 0) is 29.6 Å². The second kappa shape index (κ2) is 8.82. The number of benzene rings is 1. The molecule has 0 bridgehead atoms. The Morgan fingerprint density at radius 1 is 1.19 bits per heavy atom. The van der Waals surface area contributed by atoms with Crippen LogP contribution in [0.15, 0.2) is 35.7 Å². The highest BCUT2D eigenvalue weighted by Gasteiger charge is 2.22. The molecule has 1 saturated heterocycles. The molecule has 0 saturated carbocycles. The maximum Gasteiger partial charge on any atom is 0.260 e. The van der Waals surface area contributed by atoms with Gasteiger partial charge in [-0.1, -0.05) is 6.07 Å². The molecule has 3 rings (SSSR count). The highest BCUT2D eigenvalue weighted by Crippen LogP contribution is 2.27. The molecule has 1 amide bonds. The number of hydrogen-bond donors (Lipinski definition) is 0. The fraction of sp³-hybridized carbons (Fsp3) is 0.368. The van der Waals surface area contributed by atoms with E-state index in [4.69, 9.17) is 9.47 Å². The van der Waals surface area contributed by atoms with Crippen molar-refractivity contribution in [2.45, 2.75) is 6.54 Å². The van der Waals surface area contributed by atoms with Gasteiger partial charge in [-0.25, -0.2) is 0 Å². The third kappa shape index (κ3) is 4.62. The average molecular weight is 374 g/mol. The van der Waals surface area contributed by atoms with Gasteiger partial charge in [0.15, 0.2) is 18.1 Å². The summed E-state index contributed by atoms with van der Waals surface area (Å²) in [4.78, 5) is 28.8. The molecule has 1 aromatic carbocycles. The molecule has 1 fully saturated rings. The van der Waals surface area contributed by atoms with E-state index in [1.54, 1.807) is 29.5 Å². The Bertz CT molecular complexity index is 740. The zero-order chi connectivity index (χ0) is 18.4. The molecular weight excluding hydrogens is 352 g/mol. The Hall–Kier alpha value is -2.38. The second-order valence-electron chi connectivity index (χ2n) is 6.05. The van der Waals surface area contributed by atoms with Crippen LogP contribution in [-0.4, -0.2) is 61.9 Å². The minimum absolute atomic E-state index is 0.0395. The first-order valence-corrected chi connectivity index (χ1v) is 9.36. The van der Waals surface area contributed by atoms with Crippen molar-refractivity contribution in [1.82, 2.24) is 9.80 Å². The maximum atomic E-state index is 12.4. The lowest BCUT2D eigenvalue weighted by Crippen LogP contribution is -2.49. The van der Waals surface area contributed by atoms with E-state index in [1.807, 2.05) is 4.90 Å². The number of carbonyl (C=O) groups is 2. The van der Waals surface area contributed by atoms with Gasteiger partial charge in [0.05, 0.1) is 7.11 Å². The largest absolute Gasteiger partial charge is 0.493 e. The first kappa shape index (κ1) is 18.4. The van der Waals surface area contributed by atoms with E-state index in [1.165, 1.54) is 12.0 Å². The lowest BCUT2D eigenvalue weighted by atomic mass is 10.2. The van der Waals surface area contributed by atoms with Gasteiger partial charge in [-0.2, -0.15) is 0 Å². The van der Waals surface area contributed by atoms with Crippen LogP contribution in [0, 0.1) is 0 Å². The summed E-state index contributed by atoms with van der Waals surface area (Å²) in [6, 6.07) is 9.08. The molecule has 1 aliphatic rings. The number of aldehydes is 1. The first-order chi connectivity index (χ1) is 12.7. The SMILES string of the molecule is COc1cc(C=O)ccc1OCC(=O)N1CCN(Cc2cccs2)CC1. The molecule has 0 N–H and O–H groups in total. The molecule has 0 atom stereocenters. The summed E-state index contributed by atoms with van der Waals surface area (Å²) in [5.74, 6) is 0.869. The normalized spacial score (nSPS) is 14.9. The van der Waals surface area contributed by atoms with Gasteiger partial charge >= 0.3 is 0 Å². The summed E-state index contributed by atoms with van der Waals surface area (Å²) >= 11 is 1.76. The quantitative estimate of drug-likeness (QED) is 0.696. The van der Waals surface area contributed by atoms with Crippen LogP contribution in [0.1, 0.15) is 15.2 Å². The van der Waals surface area contributed by atoms with Crippen LogP contribution < -0.4 is 9.47 Å². The number of ether oxygens (including phenoxy) is 2. The minimum Gasteiger partial charge on any atom is -0.493 e. The molecule has 0 aliphatic carbocycles. The van der Waals surface area contributed by atoms with E-state index in [9.17, 15) is 9.59 Å². The van der Waals surface area contributed by atoms with E-state index in [0.717, 1.165) is 25.9 Å². The highest BCUT2D eigenvalue weighted by molar-refractivity contribution is 7.09. The number of nitrogens with zero attached hydrogens (tertiary/aromatic N) is 2. The number of carbonyl (C=O) groups excluding carboxylic acids is 2. The van der Waals surface area contributed by atoms with Crippen molar-refractivity contribution in [3.8, 4) is 11.5 Å². The Morgan fingerprint density at radius 2 is 2.00 bits per heavy atom. The lowest BCUT2D eigenvalue weighted by Gasteiger charge is -2.34. The number of thiophene rings is 1. The molecule has 1 aromatic heterocycles. The predicted molar refractivity (Wildman–Crippen MR) is 100 cm³/mol. The molecule has 0 spiro atoms. The summed E-state index contributed by atoms with van der Waals surface area (Å²) in [6.07, 6.45) is 0.743. The van der Waals surface area contributed by atoms with Crippen LogP contribution in [0.25, 0.3) is 0 Å². The monoisotopic (exact) mass is 374 g/mol. The maximum absolute atomic E-state index is 12.4. The van der Waals surface area contributed by atoms with Crippen molar-refractivity contribution in [3.63, 3.8) is 0 Å². The van der Waals surface area contributed by atoms with Crippen molar-refractivity contribution < 1.29 is 19.1 Å².